The van der Waals surface area contributed by atoms with Crippen LogP contribution < -0.4 is 10.2 Å². The third kappa shape index (κ3) is 3.24. The summed E-state index contributed by atoms with van der Waals surface area (Å²) in [5.74, 6) is 0. The number of methoxy groups -OCH3 is 1. The Balaban J connectivity index is 2.03. The average molecular weight is 248 g/mol. The lowest BCUT2D eigenvalue weighted by molar-refractivity contribution is 0.0819. The van der Waals surface area contributed by atoms with E-state index < -0.39 is 0 Å². The zero-order valence-corrected chi connectivity index (χ0v) is 11.5. The number of rotatable bonds is 5. The molecule has 2 rings (SSSR count). The predicted molar refractivity (Wildman–Crippen MR) is 76.1 cm³/mol. The SMILES string of the molecule is CCNCc1ccccc1N1CCC(OC)CC1. The smallest absolute Gasteiger partial charge is 0.0605 e. The highest BCUT2D eigenvalue weighted by Crippen LogP contribution is 2.24. The van der Waals surface area contributed by atoms with Crippen LogP contribution in [-0.2, 0) is 11.3 Å². The summed E-state index contributed by atoms with van der Waals surface area (Å²) in [4.78, 5) is 2.49. The standard InChI is InChI=1S/C15H24N2O/c1-3-16-12-13-6-4-5-7-15(13)17-10-8-14(18-2)9-11-17/h4-7,14,16H,3,8-12H2,1-2H3. The molecular weight excluding hydrogens is 224 g/mol. The summed E-state index contributed by atoms with van der Waals surface area (Å²) in [6.07, 6.45) is 2.71. The Morgan fingerprint density at radius 3 is 2.67 bits per heavy atom. The van der Waals surface area contributed by atoms with Gasteiger partial charge in [-0.1, -0.05) is 25.1 Å². The minimum Gasteiger partial charge on any atom is -0.381 e. The molecule has 1 aromatic rings. The molecule has 3 heteroatoms. The summed E-state index contributed by atoms with van der Waals surface area (Å²) in [6.45, 7) is 6.31. The van der Waals surface area contributed by atoms with Gasteiger partial charge in [0.2, 0.25) is 0 Å². The third-order valence-electron chi connectivity index (χ3n) is 3.67. The van der Waals surface area contributed by atoms with Gasteiger partial charge in [-0.2, -0.15) is 0 Å². The maximum atomic E-state index is 5.43. The molecule has 1 aliphatic rings. The minimum absolute atomic E-state index is 0.446. The van der Waals surface area contributed by atoms with Crippen molar-refractivity contribution in [2.45, 2.75) is 32.4 Å². The lowest BCUT2D eigenvalue weighted by Crippen LogP contribution is -2.37. The van der Waals surface area contributed by atoms with Crippen molar-refractivity contribution in [1.82, 2.24) is 5.32 Å². The van der Waals surface area contributed by atoms with E-state index in [0.29, 0.717) is 6.10 Å². The first-order chi connectivity index (χ1) is 8.85. The van der Waals surface area contributed by atoms with Gasteiger partial charge in [0, 0.05) is 32.4 Å². The molecule has 0 bridgehead atoms. The van der Waals surface area contributed by atoms with Gasteiger partial charge in [-0.25, -0.2) is 0 Å². The highest BCUT2D eigenvalue weighted by Gasteiger charge is 2.20. The van der Waals surface area contributed by atoms with E-state index >= 15 is 0 Å². The van der Waals surface area contributed by atoms with E-state index in [4.69, 9.17) is 4.74 Å². The van der Waals surface area contributed by atoms with Crippen molar-refractivity contribution in [3.05, 3.63) is 29.8 Å². The van der Waals surface area contributed by atoms with Crippen LogP contribution in [0.4, 0.5) is 5.69 Å². The topological polar surface area (TPSA) is 24.5 Å². The Hall–Kier alpha value is -1.06. The summed E-state index contributed by atoms with van der Waals surface area (Å²) >= 11 is 0. The lowest BCUT2D eigenvalue weighted by Gasteiger charge is -2.34. The van der Waals surface area contributed by atoms with E-state index in [1.165, 1.54) is 11.3 Å². The molecule has 100 valence electrons. The molecule has 0 radical (unpaired) electrons. The number of anilines is 1. The van der Waals surface area contributed by atoms with Crippen LogP contribution in [0.5, 0.6) is 0 Å². The Morgan fingerprint density at radius 1 is 1.28 bits per heavy atom. The first-order valence-electron chi connectivity index (χ1n) is 6.91. The van der Waals surface area contributed by atoms with E-state index in [0.717, 1.165) is 39.0 Å². The maximum absolute atomic E-state index is 5.43. The molecule has 1 saturated heterocycles. The number of hydrogen-bond acceptors (Lipinski definition) is 3. The van der Waals surface area contributed by atoms with Gasteiger partial charge in [0.15, 0.2) is 0 Å². The molecule has 1 aromatic carbocycles. The van der Waals surface area contributed by atoms with Crippen LogP contribution in [0.15, 0.2) is 24.3 Å². The summed E-state index contributed by atoms with van der Waals surface area (Å²) in [7, 11) is 1.82. The van der Waals surface area contributed by atoms with Crippen LogP contribution in [0.2, 0.25) is 0 Å². The predicted octanol–water partition coefficient (Wildman–Crippen LogP) is 2.41. The minimum atomic E-state index is 0.446. The Bertz CT molecular complexity index is 359. The Morgan fingerprint density at radius 2 is 2.00 bits per heavy atom. The molecule has 0 amide bonds. The zero-order valence-electron chi connectivity index (χ0n) is 11.5. The van der Waals surface area contributed by atoms with Gasteiger partial charge < -0.3 is 15.0 Å². The van der Waals surface area contributed by atoms with Gasteiger partial charge in [0.25, 0.3) is 0 Å². The molecule has 1 heterocycles. The largest absolute Gasteiger partial charge is 0.381 e. The normalized spacial score (nSPS) is 17.1. The molecule has 1 aliphatic heterocycles. The molecule has 0 unspecified atom stereocenters. The number of piperidine rings is 1. The first-order valence-corrected chi connectivity index (χ1v) is 6.91. The quantitative estimate of drug-likeness (QED) is 0.866. The van der Waals surface area contributed by atoms with Crippen molar-refractivity contribution in [3.8, 4) is 0 Å². The number of para-hydroxylation sites is 1. The number of hydrogen-bond donors (Lipinski definition) is 1. The van der Waals surface area contributed by atoms with E-state index in [2.05, 4.69) is 41.4 Å². The number of ether oxygens (including phenoxy) is 1. The molecule has 0 atom stereocenters. The third-order valence-corrected chi connectivity index (χ3v) is 3.67. The molecule has 18 heavy (non-hydrogen) atoms. The number of benzene rings is 1. The van der Waals surface area contributed by atoms with Gasteiger partial charge >= 0.3 is 0 Å². The second-order valence-electron chi connectivity index (χ2n) is 4.83. The average Bonchev–Trinajstić information content (AvgIpc) is 2.45. The van der Waals surface area contributed by atoms with Crippen LogP contribution in [0.1, 0.15) is 25.3 Å². The molecule has 1 fully saturated rings. The molecule has 0 saturated carbocycles. The fraction of sp³-hybridized carbons (Fsp3) is 0.600. The van der Waals surface area contributed by atoms with Crippen molar-refractivity contribution in [2.24, 2.45) is 0 Å². The lowest BCUT2D eigenvalue weighted by atomic mass is 10.0. The van der Waals surface area contributed by atoms with Crippen molar-refractivity contribution < 1.29 is 4.74 Å². The summed E-state index contributed by atoms with van der Waals surface area (Å²) in [5, 5.41) is 3.41. The van der Waals surface area contributed by atoms with Crippen LogP contribution in [0.3, 0.4) is 0 Å². The van der Waals surface area contributed by atoms with Gasteiger partial charge in [0.1, 0.15) is 0 Å². The molecule has 1 N–H and O–H groups in total. The van der Waals surface area contributed by atoms with Crippen molar-refractivity contribution in [2.75, 3.05) is 31.6 Å². The fourth-order valence-electron chi connectivity index (χ4n) is 2.56. The van der Waals surface area contributed by atoms with Gasteiger partial charge in [-0.3, -0.25) is 0 Å². The molecule has 0 spiro atoms. The van der Waals surface area contributed by atoms with E-state index in [1.807, 2.05) is 7.11 Å². The zero-order chi connectivity index (χ0) is 12.8. The Kier molecular flexibility index (Phi) is 5.02. The number of nitrogens with zero attached hydrogens (tertiary/aromatic N) is 1. The highest BCUT2D eigenvalue weighted by molar-refractivity contribution is 5.54. The van der Waals surface area contributed by atoms with Crippen LogP contribution >= 0.6 is 0 Å². The van der Waals surface area contributed by atoms with Crippen molar-refractivity contribution >= 4 is 5.69 Å². The van der Waals surface area contributed by atoms with Gasteiger partial charge in [0.05, 0.1) is 6.10 Å². The highest BCUT2D eigenvalue weighted by atomic mass is 16.5. The maximum Gasteiger partial charge on any atom is 0.0605 e. The van der Waals surface area contributed by atoms with Gasteiger partial charge in [-0.05, 0) is 31.0 Å². The van der Waals surface area contributed by atoms with E-state index in [9.17, 15) is 0 Å². The van der Waals surface area contributed by atoms with Crippen LogP contribution in [0, 0.1) is 0 Å². The van der Waals surface area contributed by atoms with Crippen LogP contribution in [-0.4, -0.2) is 32.8 Å². The van der Waals surface area contributed by atoms with E-state index in [-0.39, 0.29) is 0 Å². The summed E-state index contributed by atoms with van der Waals surface area (Å²) in [6, 6.07) is 8.71. The second kappa shape index (κ2) is 6.76. The van der Waals surface area contributed by atoms with Crippen molar-refractivity contribution in [3.63, 3.8) is 0 Å². The summed E-state index contributed by atoms with van der Waals surface area (Å²) < 4.78 is 5.43. The molecule has 3 nitrogen and oxygen atoms in total. The molecule has 0 aromatic heterocycles. The summed E-state index contributed by atoms with van der Waals surface area (Å²) in [5.41, 5.74) is 2.78. The van der Waals surface area contributed by atoms with Crippen molar-refractivity contribution in [1.29, 1.82) is 0 Å². The first kappa shape index (κ1) is 13.4. The fourth-order valence-corrected chi connectivity index (χ4v) is 2.56. The molecule has 0 aliphatic carbocycles. The van der Waals surface area contributed by atoms with E-state index in [1.54, 1.807) is 0 Å². The van der Waals surface area contributed by atoms with Crippen LogP contribution in [0.25, 0.3) is 0 Å². The monoisotopic (exact) mass is 248 g/mol. The molecular formula is C15H24N2O. The Labute approximate surface area is 110 Å². The van der Waals surface area contributed by atoms with Gasteiger partial charge in [-0.15, -0.1) is 0 Å². The second-order valence-corrected chi connectivity index (χ2v) is 4.83. The number of nitrogens with one attached hydrogen (secondary N) is 1.